The first kappa shape index (κ1) is 61.5. The average Bonchev–Trinajstić information content (AvgIpc) is 0.779. The Hall–Kier alpha value is -4.16. The summed E-state index contributed by atoms with van der Waals surface area (Å²) in [7, 11) is 7.50. The quantitative estimate of drug-likeness (QED) is 0.151. The van der Waals surface area contributed by atoms with E-state index < -0.39 is 181 Å². The number of ether oxygens (including phenoxy) is 13. The second-order valence-electron chi connectivity index (χ2n) is 24.7. The maximum absolute atomic E-state index is 14.6. The van der Waals surface area contributed by atoms with Crippen LogP contribution in [0, 0.1) is 0 Å². The van der Waals surface area contributed by atoms with Gasteiger partial charge in [0.15, 0.2) is 55.1 Å². The third kappa shape index (κ3) is 11.4. The molecule has 11 rings (SSSR count). The third-order valence-electron chi connectivity index (χ3n) is 18.7. The lowest BCUT2D eigenvalue weighted by Crippen LogP contribution is -2.62. The van der Waals surface area contributed by atoms with Crippen molar-refractivity contribution in [2.45, 2.75) is 253 Å². The Balaban J connectivity index is 0.846. The number of hydrogen-bond donors (Lipinski definition) is 5. The number of phenolic OH excluding ortho intramolecular Hbond substituents is 3. The molecule has 0 radical (unpaired) electrons. The van der Waals surface area contributed by atoms with Crippen LogP contribution in [0.1, 0.15) is 161 Å². The fraction of sp³-hybridized carbons (Fsp3) is 0.733. The molecule has 0 aromatic heterocycles. The number of rotatable bonds is 13. The van der Waals surface area contributed by atoms with E-state index in [1.807, 2.05) is 51.8 Å². The maximum atomic E-state index is 14.6. The van der Waals surface area contributed by atoms with Crippen molar-refractivity contribution < 1.29 is 106 Å². The SMILES string of the molecule is CC[C@]1(O)C[C@H](O[C@H]2C[C@@H](N(C)C)[C@@H](O[C@H]3C[C@H]4O[C@H]5CC(=O)[C@@H](C)O[C@@H]5O[C@H]4[C@@H](C)O3)[C@@H](C)O2)c2c(O)c3c(c(O)c2[C@H]1O[C@H]1C[C@@H](N(C)C)[C@@H](O[C@H]2C[C@@H](O)[C@@H](O[C@H]4CCC(=O)[C@@H](C)O4)[C@@H](C)O2)[C@@H](C)O1)C(=O)c1cccc(O)c1C3=O. The molecule has 2 aromatic carbocycles. The lowest BCUT2D eigenvalue weighted by Gasteiger charge is -2.51. The Morgan fingerprint density at radius 3 is 1.76 bits per heavy atom. The minimum absolute atomic E-state index is 0.00431. The second-order valence-corrected chi connectivity index (χ2v) is 24.7. The molecule has 7 fully saturated rings. The fourth-order valence-corrected chi connectivity index (χ4v) is 14.0. The number of hydrogen-bond acceptors (Lipinski definition) is 24. The zero-order valence-electron chi connectivity index (χ0n) is 49.4. The van der Waals surface area contributed by atoms with Gasteiger partial charge in [-0.05, 0) is 82.2 Å². The number of fused-ring (bicyclic) bond motifs is 5. The van der Waals surface area contributed by atoms with Crippen LogP contribution in [0.15, 0.2) is 18.2 Å². The standard InChI is InChI=1S/C60H82N2O22/c1-12-60(71)23-39(79-41-18-31(61(8)9)55(26(4)73-41)82-44-22-37-57(29(7)76-44)84-59-38(78-37)20-35(65)25(3)77-59)46-49(53(70)47-48(52(46)69)51(68)45-30(50(47)67)14-13-15-34(45)64)58(60)83-42-19-32(62(10)11)54(27(5)74-42)81-43-21-36(66)56(28(6)75-43)80-40-17-16-33(63)24(2)72-40/h13-15,24-29,31-32,36-44,54-59,64,66,69-71H,12,16-23H2,1-11H3/t24-,25-,26-,27-,28-,29-,31-,32-,36-,37-,38+,39+,40+,41+,42+,43+,44+,54+,55+,56+,57+,58-,59-,60+/m1/s1. The van der Waals surface area contributed by atoms with Gasteiger partial charge in [0.05, 0.1) is 65.0 Å². The van der Waals surface area contributed by atoms with E-state index in [1.165, 1.54) is 18.2 Å². The van der Waals surface area contributed by atoms with Gasteiger partial charge in [-0.1, -0.05) is 19.1 Å². The van der Waals surface area contributed by atoms with Crippen LogP contribution in [0.2, 0.25) is 0 Å². The molecule has 2 aliphatic carbocycles. The maximum Gasteiger partial charge on any atom is 0.202 e. The van der Waals surface area contributed by atoms with Crippen molar-refractivity contribution in [3.05, 3.63) is 51.6 Å². The highest BCUT2D eigenvalue weighted by molar-refractivity contribution is 6.31. The van der Waals surface area contributed by atoms with E-state index in [-0.39, 0.29) is 78.4 Å². The molecule has 2 aromatic rings. The summed E-state index contributed by atoms with van der Waals surface area (Å²) in [4.78, 5) is 57.7. The van der Waals surface area contributed by atoms with Crippen molar-refractivity contribution in [3.8, 4) is 17.2 Å². The Kier molecular flexibility index (Phi) is 17.6. The molecule has 464 valence electrons. The molecule has 7 saturated heterocycles. The molecule has 0 amide bonds. The molecule has 24 heteroatoms. The Morgan fingerprint density at radius 2 is 1.14 bits per heavy atom. The Bertz CT molecular complexity index is 2810. The monoisotopic (exact) mass is 1180 g/mol. The first-order chi connectivity index (χ1) is 39.8. The average molecular weight is 1180 g/mol. The van der Waals surface area contributed by atoms with E-state index in [2.05, 4.69) is 0 Å². The first-order valence-corrected chi connectivity index (χ1v) is 29.7. The molecule has 24 nitrogen and oxygen atoms in total. The number of carbonyl (C=O) groups excluding carboxylic acids is 4. The number of aromatic hydroxyl groups is 3. The van der Waals surface area contributed by atoms with Gasteiger partial charge in [-0.3, -0.25) is 19.2 Å². The van der Waals surface area contributed by atoms with Crippen LogP contribution in [0.5, 0.6) is 17.2 Å². The predicted octanol–water partition coefficient (Wildman–Crippen LogP) is 4.11. The van der Waals surface area contributed by atoms with Crippen molar-refractivity contribution in [1.82, 2.24) is 9.80 Å². The van der Waals surface area contributed by atoms with Crippen molar-refractivity contribution >= 4 is 23.1 Å². The van der Waals surface area contributed by atoms with Crippen LogP contribution in [0.25, 0.3) is 0 Å². The number of aliphatic hydroxyl groups is 2. The number of phenols is 3. The molecule has 0 bridgehead atoms. The molecule has 84 heavy (non-hydrogen) atoms. The van der Waals surface area contributed by atoms with Crippen LogP contribution in [0.3, 0.4) is 0 Å². The molecule has 0 unspecified atom stereocenters. The highest BCUT2D eigenvalue weighted by Gasteiger charge is 2.56. The molecule has 7 aliphatic heterocycles. The predicted molar refractivity (Wildman–Crippen MR) is 290 cm³/mol. The van der Waals surface area contributed by atoms with Gasteiger partial charge in [-0.15, -0.1) is 0 Å². The number of nitrogens with zero attached hydrogens (tertiary/aromatic N) is 2. The van der Waals surface area contributed by atoms with Crippen molar-refractivity contribution in [2.24, 2.45) is 0 Å². The van der Waals surface area contributed by atoms with Gasteiger partial charge in [0.2, 0.25) is 5.78 Å². The van der Waals surface area contributed by atoms with E-state index in [4.69, 9.17) is 61.6 Å². The minimum Gasteiger partial charge on any atom is -0.507 e. The van der Waals surface area contributed by atoms with Gasteiger partial charge >= 0.3 is 0 Å². The smallest absolute Gasteiger partial charge is 0.202 e. The van der Waals surface area contributed by atoms with E-state index in [0.29, 0.717) is 19.3 Å². The van der Waals surface area contributed by atoms with Gasteiger partial charge in [-0.25, -0.2) is 0 Å². The van der Waals surface area contributed by atoms with E-state index >= 15 is 0 Å². The van der Waals surface area contributed by atoms with Gasteiger partial charge in [0.1, 0.15) is 66.1 Å². The highest BCUT2D eigenvalue weighted by atomic mass is 16.8. The van der Waals surface area contributed by atoms with Crippen LogP contribution in [-0.4, -0.2) is 221 Å². The van der Waals surface area contributed by atoms with Crippen molar-refractivity contribution in [3.63, 3.8) is 0 Å². The Morgan fingerprint density at radius 1 is 0.583 bits per heavy atom. The summed E-state index contributed by atoms with van der Waals surface area (Å²) < 4.78 is 83.6. The van der Waals surface area contributed by atoms with E-state index in [9.17, 15) is 44.7 Å². The molecule has 24 atom stereocenters. The second kappa shape index (κ2) is 24.1. The van der Waals surface area contributed by atoms with Gasteiger partial charge in [-0.2, -0.15) is 0 Å². The molecule has 0 spiro atoms. The molecule has 7 heterocycles. The number of benzene rings is 2. The van der Waals surface area contributed by atoms with Gasteiger partial charge in [0, 0.05) is 80.1 Å². The number of aliphatic hydroxyl groups excluding tert-OH is 1. The van der Waals surface area contributed by atoms with Crippen molar-refractivity contribution in [2.75, 3.05) is 28.2 Å². The zero-order valence-corrected chi connectivity index (χ0v) is 49.4. The molecule has 5 N–H and O–H groups in total. The highest BCUT2D eigenvalue weighted by Crippen LogP contribution is 2.58. The largest absolute Gasteiger partial charge is 0.507 e. The zero-order chi connectivity index (χ0) is 60.1. The van der Waals surface area contributed by atoms with Crippen LogP contribution in [0.4, 0.5) is 0 Å². The summed E-state index contributed by atoms with van der Waals surface area (Å²) in [5, 5.41) is 60.8. The van der Waals surface area contributed by atoms with E-state index in [1.54, 1.807) is 34.6 Å². The summed E-state index contributed by atoms with van der Waals surface area (Å²) in [5.41, 5.74) is -3.85. The van der Waals surface area contributed by atoms with Crippen LogP contribution < -0.4 is 0 Å². The van der Waals surface area contributed by atoms with Gasteiger partial charge < -0.3 is 96.9 Å². The van der Waals surface area contributed by atoms with E-state index in [0.717, 1.165) is 0 Å². The number of Topliss-reactive ketones (excluding diaryl/α,β-unsaturated/α-hetero) is 2. The number of ketones is 4. The number of likely N-dealkylation sites (N-methyl/N-ethyl adjacent to an activating group) is 2. The topological polar surface area (TPSA) is 296 Å². The number of carbonyl (C=O) groups is 4. The van der Waals surface area contributed by atoms with Crippen LogP contribution >= 0.6 is 0 Å². The summed E-state index contributed by atoms with van der Waals surface area (Å²) >= 11 is 0. The third-order valence-corrected chi connectivity index (χ3v) is 18.7. The Labute approximate surface area is 488 Å². The molecular weight excluding hydrogens is 1100 g/mol. The molecule has 9 aliphatic rings. The normalized spacial score (nSPS) is 42.5. The molecule has 0 saturated carbocycles. The van der Waals surface area contributed by atoms with Crippen molar-refractivity contribution in [1.29, 1.82) is 0 Å². The lowest BCUT2D eigenvalue weighted by atomic mass is 9.70. The van der Waals surface area contributed by atoms with Crippen LogP contribution in [-0.2, 0) is 71.2 Å². The lowest BCUT2D eigenvalue weighted by molar-refractivity contribution is -0.371. The summed E-state index contributed by atoms with van der Waals surface area (Å²) in [6, 6.07) is 3.17. The first-order valence-electron chi connectivity index (χ1n) is 29.7. The van der Waals surface area contributed by atoms with Gasteiger partial charge in [0.25, 0.3) is 0 Å². The fourth-order valence-electron chi connectivity index (χ4n) is 14.0. The summed E-state index contributed by atoms with van der Waals surface area (Å²) in [6.07, 6.45) is -14.9. The summed E-state index contributed by atoms with van der Waals surface area (Å²) in [6.45, 7) is 12.4. The minimum atomic E-state index is -1.90. The molecular formula is C60H82N2O22. The summed E-state index contributed by atoms with van der Waals surface area (Å²) in [5.74, 6) is -3.77.